The highest BCUT2D eigenvalue weighted by molar-refractivity contribution is 5.75. The Morgan fingerprint density at radius 3 is 2.54 bits per heavy atom. The summed E-state index contributed by atoms with van der Waals surface area (Å²) in [7, 11) is 0. The van der Waals surface area contributed by atoms with Gasteiger partial charge in [0, 0.05) is 25.6 Å². The minimum Gasteiger partial charge on any atom is -0.481 e. The van der Waals surface area contributed by atoms with Crippen LogP contribution in [0.3, 0.4) is 0 Å². The number of para-hydroxylation sites is 2. The Morgan fingerprint density at radius 1 is 1.08 bits per heavy atom. The van der Waals surface area contributed by atoms with Crippen LogP contribution in [0.25, 0.3) is 11.0 Å². The molecule has 1 saturated heterocycles. The van der Waals surface area contributed by atoms with E-state index in [0.717, 1.165) is 62.8 Å². The zero-order valence-electron chi connectivity index (χ0n) is 15.3. The molecule has 3 rings (SSSR count). The van der Waals surface area contributed by atoms with Crippen LogP contribution in [0.4, 0.5) is 0 Å². The maximum Gasteiger partial charge on any atom is 0.326 e. The number of nitrogens with one attached hydrogen (secondary N) is 1. The fraction of sp³-hybridized carbons (Fsp3) is 0.600. The molecule has 6 heteroatoms. The molecule has 0 bridgehead atoms. The molecule has 26 heavy (non-hydrogen) atoms. The Kier molecular flexibility index (Phi) is 6.50. The first-order valence-corrected chi connectivity index (χ1v) is 9.78. The van der Waals surface area contributed by atoms with Gasteiger partial charge < -0.3 is 15.0 Å². The van der Waals surface area contributed by atoms with Gasteiger partial charge in [0.15, 0.2) is 0 Å². The highest BCUT2D eigenvalue weighted by atomic mass is 16.4. The predicted molar refractivity (Wildman–Crippen MR) is 103 cm³/mol. The normalized spacial score (nSPS) is 16.3. The number of aliphatic carboxylic acids is 1. The van der Waals surface area contributed by atoms with Gasteiger partial charge in [-0.3, -0.25) is 9.36 Å². The topological polar surface area (TPSA) is 78.3 Å². The zero-order valence-corrected chi connectivity index (χ0v) is 15.3. The molecule has 0 atom stereocenters. The third-order valence-corrected chi connectivity index (χ3v) is 5.41. The number of H-pyrrole nitrogens is 1. The van der Waals surface area contributed by atoms with Crippen LogP contribution in [-0.2, 0) is 4.79 Å². The lowest BCUT2D eigenvalue weighted by Crippen LogP contribution is -2.37. The number of likely N-dealkylation sites (tertiary alicyclic amines) is 1. The van der Waals surface area contributed by atoms with Crippen LogP contribution in [-0.4, -0.2) is 45.2 Å². The molecule has 0 aliphatic carbocycles. The minimum absolute atomic E-state index is 0.00557. The second-order valence-corrected chi connectivity index (χ2v) is 7.30. The second kappa shape index (κ2) is 9.03. The van der Waals surface area contributed by atoms with E-state index in [9.17, 15) is 9.59 Å². The standard InChI is InChI=1S/C20H29N3O3/c24-19(25)10-4-2-1-3-7-13-22-14-11-16(12-15-22)23-18-9-6-5-8-17(18)21-20(23)26/h5-6,8-9,16H,1-4,7,10-15H2,(H,21,26)(H,24,25). The third-order valence-electron chi connectivity index (χ3n) is 5.41. The number of imidazole rings is 1. The Morgan fingerprint density at radius 2 is 1.77 bits per heavy atom. The Balaban J connectivity index is 1.40. The van der Waals surface area contributed by atoms with E-state index < -0.39 is 5.97 Å². The molecule has 0 radical (unpaired) electrons. The van der Waals surface area contributed by atoms with Crippen molar-refractivity contribution in [1.29, 1.82) is 0 Å². The number of rotatable bonds is 9. The lowest BCUT2D eigenvalue weighted by Gasteiger charge is -2.32. The van der Waals surface area contributed by atoms with E-state index in [-0.39, 0.29) is 11.7 Å². The summed E-state index contributed by atoms with van der Waals surface area (Å²) < 4.78 is 1.94. The molecule has 0 amide bonds. The van der Waals surface area contributed by atoms with Gasteiger partial charge in [0.05, 0.1) is 11.0 Å². The average molecular weight is 359 g/mol. The summed E-state index contributed by atoms with van der Waals surface area (Å²) in [4.78, 5) is 28.2. The number of aromatic nitrogens is 2. The van der Waals surface area contributed by atoms with E-state index in [2.05, 4.69) is 9.88 Å². The fourth-order valence-electron chi connectivity index (χ4n) is 3.98. The number of benzene rings is 1. The number of aromatic amines is 1. The van der Waals surface area contributed by atoms with Crippen molar-refractivity contribution >= 4 is 17.0 Å². The van der Waals surface area contributed by atoms with Gasteiger partial charge >= 0.3 is 11.7 Å². The number of carboxylic acid groups (broad SMARTS) is 1. The van der Waals surface area contributed by atoms with Gasteiger partial charge in [0.1, 0.15) is 0 Å². The van der Waals surface area contributed by atoms with Gasteiger partial charge in [-0.1, -0.05) is 31.4 Å². The van der Waals surface area contributed by atoms with E-state index in [1.54, 1.807) is 0 Å². The summed E-state index contributed by atoms with van der Waals surface area (Å²) in [6.07, 6.45) is 7.58. The third kappa shape index (κ3) is 4.75. The predicted octanol–water partition coefficient (Wildman–Crippen LogP) is 3.39. The second-order valence-electron chi connectivity index (χ2n) is 7.30. The summed E-state index contributed by atoms with van der Waals surface area (Å²) in [6, 6.07) is 8.19. The van der Waals surface area contributed by atoms with Crippen molar-refractivity contribution in [3.63, 3.8) is 0 Å². The first-order chi connectivity index (χ1) is 12.6. The SMILES string of the molecule is O=C(O)CCCCCCCN1CCC(n2c(=O)[nH]c3ccccc32)CC1. The molecule has 142 valence electrons. The highest BCUT2D eigenvalue weighted by Crippen LogP contribution is 2.25. The minimum atomic E-state index is -0.692. The van der Waals surface area contributed by atoms with E-state index in [1.807, 2.05) is 28.8 Å². The van der Waals surface area contributed by atoms with Gasteiger partial charge in [-0.25, -0.2) is 4.79 Å². The number of carbonyl (C=O) groups is 1. The van der Waals surface area contributed by atoms with Gasteiger partial charge in [-0.2, -0.15) is 0 Å². The summed E-state index contributed by atoms with van der Waals surface area (Å²) in [6.45, 7) is 3.18. The molecule has 2 heterocycles. The quantitative estimate of drug-likeness (QED) is 0.673. The van der Waals surface area contributed by atoms with E-state index in [1.165, 1.54) is 12.8 Å². The number of unbranched alkanes of at least 4 members (excludes halogenated alkanes) is 4. The van der Waals surface area contributed by atoms with Crippen molar-refractivity contribution in [3.8, 4) is 0 Å². The van der Waals surface area contributed by atoms with Crippen LogP contribution in [0.5, 0.6) is 0 Å². The molecule has 0 unspecified atom stereocenters. The van der Waals surface area contributed by atoms with Crippen LogP contribution in [0.2, 0.25) is 0 Å². The van der Waals surface area contributed by atoms with E-state index in [0.29, 0.717) is 6.42 Å². The molecule has 1 aliphatic heterocycles. The number of fused-ring (bicyclic) bond motifs is 1. The molecule has 1 aromatic carbocycles. The Bertz CT molecular complexity index is 772. The van der Waals surface area contributed by atoms with Crippen LogP contribution in [0, 0.1) is 0 Å². The first-order valence-electron chi connectivity index (χ1n) is 9.78. The summed E-state index contributed by atoms with van der Waals surface area (Å²) in [5.41, 5.74) is 1.94. The van der Waals surface area contributed by atoms with Gasteiger partial charge in [-0.15, -0.1) is 0 Å². The molecule has 0 spiro atoms. The van der Waals surface area contributed by atoms with E-state index in [4.69, 9.17) is 5.11 Å². The monoisotopic (exact) mass is 359 g/mol. The lowest BCUT2D eigenvalue weighted by atomic mass is 10.0. The Hall–Kier alpha value is -2.08. The van der Waals surface area contributed by atoms with E-state index >= 15 is 0 Å². The first kappa shape index (κ1) is 18.7. The highest BCUT2D eigenvalue weighted by Gasteiger charge is 2.23. The average Bonchev–Trinajstić information content (AvgIpc) is 2.97. The van der Waals surface area contributed by atoms with Crippen LogP contribution >= 0.6 is 0 Å². The Labute approximate surface area is 153 Å². The molecule has 1 aliphatic rings. The van der Waals surface area contributed by atoms with Crippen molar-refractivity contribution in [2.45, 2.75) is 57.4 Å². The van der Waals surface area contributed by atoms with Crippen LogP contribution in [0.1, 0.15) is 57.4 Å². The number of carboxylic acids is 1. The molecule has 2 aromatic rings. The number of hydrogen-bond acceptors (Lipinski definition) is 3. The fourth-order valence-corrected chi connectivity index (χ4v) is 3.98. The summed E-state index contributed by atoms with van der Waals surface area (Å²) >= 11 is 0. The number of piperidine rings is 1. The maximum absolute atomic E-state index is 12.3. The molecule has 1 aromatic heterocycles. The number of hydrogen-bond donors (Lipinski definition) is 2. The van der Waals surface area contributed by atoms with Crippen molar-refractivity contribution in [3.05, 3.63) is 34.7 Å². The summed E-state index contributed by atoms with van der Waals surface area (Å²) in [5, 5.41) is 8.62. The van der Waals surface area contributed by atoms with Gasteiger partial charge in [-0.05, 0) is 44.4 Å². The van der Waals surface area contributed by atoms with Crippen molar-refractivity contribution < 1.29 is 9.90 Å². The number of nitrogens with zero attached hydrogens (tertiary/aromatic N) is 2. The largest absolute Gasteiger partial charge is 0.481 e. The molecule has 0 saturated carbocycles. The van der Waals surface area contributed by atoms with Crippen LogP contribution < -0.4 is 5.69 Å². The summed E-state index contributed by atoms with van der Waals surface area (Å²) in [5.74, 6) is -0.692. The molecule has 1 fully saturated rings. The van der Waals surface area contributed by atoms with Crippen molar-refractivity contribution in [1.82, 2.24) is 14.5 Å². The van der Waals surface area contributed by atoms with Crippen molar-refractivity contribution in [2.75, 3.05) is 19.6 Å². The lowest BCUT2D eigenvalue weighted by molar-refractivity contribution is -0.137. The maximum atomic E-state index is 12.3. The molecule has 6 nitrogen and oxygen atoms in total. The zero-order chi connectivity index (χ0) is 18.4. The molecular formula is C20H29N3O3. The van der Waals surface area contributed by atoms with Crippen LogP contribution in [0.15, 0.2) is 29.1 Å². The van der Waals surface area contributed by atoms with Crippen molar-refractivity contribution in [2.24, 2.45) is 0 Å². The molecule has 2 N–H and O–H groups in total. The smallest absolute Gasteiger partial charge is 0.326 e. The molecular weight excluding hydrogens is 330 g/mol. The van der Waals surface area contributed by atoms with Gasteiger partial charge in [0.2, 0.25) is 0 Å². The van der Waals surface area contributed by atoms with Gasteiger partial charge in [0.25, 0.3) is 0 Å².